The van der Waals surface area contributed by atoms with Gasteiger partial charge >= 0.3 is 0 Å². The van der Waals surface area contributed by atoms with Gasteiger partial charge in [-0.15, -0.1) is 0 Å². The first kappa shape index (κ1) is 12.0. The maximum absolute atomic E-state index is 5.14. The van der Waals surface area contributed by atoms with Crippen molar-refractivity contribution in [3.8, 4) is 0 Å². The first-order chi connectivity index (χ1) is 8.04. The lowest BCUT2D eigenvalue weighted by molar-refractivity contribution is 0.198. The summed E-state index contributed by atoms with van der Waals surface area (Å²) in [6.07, 6.45) is 2.62. The van der Waals surface area contributed by atoms with E-state index >= 15 is 0 Å². The van der Waals surface area contributed by atoms with Crippen LogP contribution in [0.25, 0.3) is 11.2 Å². The fourth-order valence-corrected chi connectivity index (χ4v) is 2.03. The molecule has 0 unspecified atom stereocenters. The monoisotopic (exact) mass is 233 g/mol. The first-order valence-electron chi connectivity index (χ1n) is 5.86. The number of hydrogen-bond acceptors (Lipinski definition) is 3. The standard InChI is InChI=1S/C13H19N3O/c1-13(2,3)16-11(7-9-17-4)15-10-6-5-8-14-12(10)16/h5-6,8H,7,9H2,1-4H3. The van der Waals surface area contributed by atoms with Crippen molar-refractivity contribution in [1.82, 2.24) is 14.5 Å². The second kappa shape index (κ2) is 4.45. The second-order valence-electron chi connectivity index (χ2n) is 5.12. The van der Waals surface area contributed by atoms with Gasteiger partial charge in [-0.1, -0.05) is 0 Å². The molecule has 0 aromatic carbocycles. The minimum Gasteiger partial charge on any atom is -0.384 e. The Labute approximate surface area is 102 Å². The number of imidazole rings is 1. The van der Waals surface area contributed by atoms with Crippen molar-refractivity contribution in [2.75, 3.05) is 13.7 Å². The van der Waals surface area contributed by atoms with Crippen molar-refractivity contribution >= 4 is 11.2 Å². The van der Waals surface area contributed by atoms with Gasteiger partial charge in [0.2, 0.25) is 0 Å². The first-order valence-corrected chi connectivity index (χ1v) is 5.86. The predicted molar refractivity (Wildman–Crippen MR) is 68.1 cm³/mol. The lowest BCUT2D eigenvalue weighted by Gasteiger charge is -2.23. The van der Waals surface area contributed by atoms with Crippen LogP contribution < -0.4 is 0 Å². The van der Waals surface area contributed by atoms with Gasteiger partial charge in [0.15, 0.2) is 5.65 Å². The Morgan fingerprint density at radius 3 is 2.76 bits per heavy atom. The number of fused-ring (bicyclic) bond motifs is 1. The number of aromatic nitrogens is 3. The number of rotatable bonds is 3. The molecule has 4 nitrogen and oxygen atoms in total. The van der Waals surface area contributed by atoms with Crippen molar-refractivity contribution < 1.29 is 4.74 Å². The van der Waals surface area contributed by atoms with Crippen LogP contribution in [0.3, 0.4) is 0 Å². The minimum atomic E-state index is -0.0216. The number of nitrogens with zero attached hydrogens (tertiary/aromatic N) is 3. The summed E-state index contributed by atoms with van der Waals surface area (Å²) < 4.78 is 7.33. The predicted octanol–water partition coefficient (Wildman–Crippen LogP) is 2.38. The summed E-state index contributed by atoms with van der Waals surface area (Å²) in [4.78, 5) is 9.07. The molecule has 0 saturated carbocycles. The van der Waals surface area contributed by atoms with Crippen LogP contribution >= 0.6 is 0 Å². The van der Waals surface area contributed by atoms with Crippen molar-refractivity contribution in [1.29, 1.82) is 0 Å². The van der Waals surface area contributed by atoms with Crippen LogP contribution in [-0.4, -0.2) is 28.3 Å². The molecule has 0 fully saturated rings. The summed E-state index contributed by atoms with van der Waals surface area (Å²) in [5.74, 6) is 1.04. The number of hydrogen-bond donors (Lipinski definition) is 0. The molecule has 92 valence electrons. The molecular formula is C13H19N3O. The molecule has 0 atom stereocenters. The summed E-state index contributed by atoms with van der Waals surface area (Å²) in [6.45, 7) is 7.18. The summed E-state index contributed by atoms with van der Waals surface area (Å²) in [5.41, 5.74) is 1.88. The third-order valence-corrected chi connectivity index (χ3v) is 2.69. The average molecular weight is 233 g/mol. The van der Waals surface area contributed by atoms with Crippen LogP contribution in [0.4, 0.5) is 0 Å². The Balaban J connectivity index is 2.57. The quantitative estimate of drug-likeness (QED) is 0.817. The molecule has 0 saturated heterocycles. The Morgan fingerprint density at radius 2 is 2.12 bits per heavy atom. The van der Waals surface area contributed by atoms with Crippen LogP contribution in [0, 0.1) is 0 Å². The highest BCUT2D eigenvalue weighted by Gasteiger charge is 2.21. The zero-order chi connectivity index (χ0) is 12.5. The van der Waals surface area contributed by atoms with Crippen LogP contribution in [0.1, 0.15) is 26.6 Å². The molecule has 0 aliphatic carbocycles. The van der Waals surface area contributed by atoms with E-state index in [2.05, 4.69) is 35.3 Å². The summed E-state index contributed by atoms with van der Waals surface area (Å²) in [5, 5.41) is 0. The molecule has 4 heteroatoms. The van der Waals surface area contributed by atoms with Gasteiger partial charge < -0.3 is 9.30 Å². The highest BCUT2D eigenvalue weighted by molar-refractivity contribution is 5.71. The van der Waals surface area contributed by atoms with E-state index in [1.165, 1.54) is 0 Å². The molecule has 17 heavy (non-hydrogen) atoms. The average Bonchev–Trinajstić information content (AvgIpc) is 2.63. The number of ether oxygens (including phenoxy) is 1. The molecule has 0 radical (unpaired) electrons. The molecule has 0 aliphatic heterocycles. The highest BCUT2D eigenvalue weighted by Crippen LogP contribution is 2.23. The molecule has 0 spiro atoms. The summed E-state index contributed by atoms with van der Waals surface area (Å²) in [7, 11) is 1.71. The van der Waals surface area contributed by atoms with Crippen molar-refractivity contribution in [3.63, 3.8) is 0 Å². The molecule has 0 aliphatic rings. The molecule has 0 bridgehead atoms. The SMILES string of the molecule is COCCc1nc2cccnc2n1C(C)(C)C. The van der Waals surface area contributed by atoms with Gasteiger partial charge in [0.1, 0.15) is 11.3 Å². The largest absolute Gasteiger partial charge is 0.384 e. The van der Waals surface area contributed by atoms with E-state index < -0.39 is 0 Å². The zero-order valence-corrected chi connectivity index (χ0v) is 10.9. The van der Waals surface area contributed by atoms with Gasteiger partial charge in [-0.25, -0.2) is 9.97 Å². The maximum Gasteiger partial charge on any atom is 0.160 e. The molecule has 2 heterocycles. The molecule has 0 amide bonds. The lowest BCUT2D eigenvalue weighted by Crippen LogP contribution is -2.25. The van der Waals surface area contributed by atoms with Gasteiger partial charge in [-0.3, -0.25) is 0 Å². The van der Waals surface area contributed by atoms with Crippen LogP contribution in [0.15, 0.2) is 18.3 Å². The smallest absolute Gasteiger partial charge is 0.160 e. The zero-order valence-electron chi connectivity index (χ0n) is 10.9. The van der Waals surface area contributed by atoms with E-state index in [1.54, 1.807) is 7.11 Å². The maximum atomic E-state index is 5.14. The van der Waals surface area contributed by atoms with Crippen molar-refractivity contribution in [2.45, 2.75) is 32.7 Å². The van der Waals surface area contributed by atoms with Crippen LogP contribution in [0.5, 0.6) is 0 Å². The van der Waals surface area contributed by atoms with Gasteiger partial charge in [0, 0.05) is 25.3 Å². The van der Waals surface area contributed by atoms with E-state index in [-0.39, 0.29) is 5.54 Å². The molecule has 0 N–H and O–H groups in total. The molecular weight excluding hydrogens is 214 g/mol. The molecule has 2 aromatic rings. The van der Waals surface area contributed by atoms with E-state index in [0.717, 1.165) is 23.4 Å². The normalized spacial score (nSPS) is 12.2. The lowest BCUT2D eigenvalue weighted by atomic mass is 10.1. The van der Waals surface area contributed by atoms with Gasteiger partial charge in [-0.05, 0) is 32.9 Å². The molecule has 2 aromatic heterocycles. The Bertz CT molecular complexity index is 511. The molecule has 2 rings (SSSR count). The van der Waals surface area contributed by atoms with Gasteiger partial charge in [-0.2, -0.15) is 0 Å². The van der Waals surface area contributed by atoms with E-state index in [0.29, 0.717) is 6.61 Å². The third kappa shape index (κ3) is 2.31. The minimum absolute atomic E-state index is 0.0216. The number of methoxy groups -OCH3 is 1. The van der Waals surface area contributed by atoms with E-state index in [9.17, 15) is 0 Å². The summed E-state index contributed by atoms with van der Waals surface area (Å²) in [6, 6.07) is 3.92. The Hall–Kier alpha value is -1.42. The van der Waals surface area contributed by atoms with Crippen LogP contribution in [0.2, 0.25) is 0 Å². The van der Waals surface area contributed by atoms with Gasteiger partial charge in [0.25, 0.3) is 0 Å². The van der Waals surface area contributed by atoms with Crippen LogP contribution in [-0.2, 0) is 16.7 Å². The Morgan fingerprint density at radius 1 is 1.35 bits per heavy atom. The van der Waals surface area contributed by atoms with E-state index in [4.69, 9.17) is 4.74 Å². The summed E-state index contributed by atoms with van der Waals surface area (Å²) >= 11 is 0. The highest BCUT2D eigenvalue weighted by atomic mass is 16.5. The topological polar surface area (TPSA) is 39.9 Å². The van der Waals surface area contributed by atoms with Crippen molar-refractivity contribution in [3.05, 3.63) is 24.2 Å². The van der Waals surface area contributed by atoms with E-state index in [1.807, 2.05) is 18.3 Å². The fraction of sp³-hybridized carbons (Fsp3) is 0.538. The fourth-order valence-electron chi connectivity index (χ4n) is 2.03. The third-order valence-electron chi connectivity index (χ3n) is 2.69. The number of pyridine rings is 1. The Kier molecular flexibility index (Phi) is 3.15. The van der Waals surface area contributed by atoms with Crippen molar-refractivity contribution in [2.24, 2.45) is 0 Å². The van der Waals surface area contributed by atoms with Gasteiger partial charge in [0.05, 0.1) is 6.61 Å². The second-order valence-corrected chi connectivity index (χ2v) is 5.12.